The van der Waals surface area contributed by atoms with Crippen molar-refractivity contribution in [3.05, 3.63) is 124 Å². The predicted octanol–water partition coefficient (Wildman–Crippen LogP) is 6.94. The standard InChI is InChI=1S/C33H27Cl2N3O3/c1-21(41-31-16-15-25(34)19-29(31)35)32(39)37-30(17-22-9-3-2-4-10-22)33(40)38-36-20-28-26-13-7-5-11-23(26)18-24-12-6-8-14-27(24)28/h2-16,18-21,30H,17H2,1H3,(H,37,39)(H,38,40)/b36-20-/t21-,30+/m0/s1. The van der Waals surface area contributed by atoms with Crippen LogP contribution in [0.5, 0.6) is 5.75 Å². The molecule has 41 heavy (non-hydrogen) atoms. The van der Waals surface area contributed by atoms with E-state index in [0.717, 1.165) is 32.7 Å². The highest BCUT2D eigenvalue weighted by Gasteiger charge is 2.25. The summed E-state index contributed by atoms with van der Waals surface area (Å²) in [6.07, 6.45) is 0.989. The molecule has 0 fully saturated rings. The first-order valence-electron chi connectivity index (χ1n) is 13.1. The molecule has 0 bridgehead atoms. The van der Waals surface area contributed by atoms with Gasteiger partial charge in [0.05, 0.1) is 11.2 Å². The Hall–Kier alpha value is -4.39. The third-order valence-corrected chi connectivity index (χ3v) is 7.19. The number of carbonyl (C=O) groups excluding carboxylic acids is 2. The van der Waals surface area contributed by atoms with Gasteiger partial charge >= 0.3 is 0 Å². The number of nitrogens with zero attached hydrogens (tertiary/aromatic N) is 1. The molecule has 5 rings (SSSR count). The second-order valence-electron chi connectivity index (χ2n) is 9.55. The smallest absolute Gasteiger partial charge is 0.262 e. The van der Waals surface area contributed by atoms with E-state index in [1.54, 1.807) is 25.3 Å². The third-order valence-electron chi connectivity index (χ3n) is 6.66. The molecular weight excluding hydrogens is 557 g/mol. The molecule has 2 amide bonds. The molecule has 5 aromatic rings. The lowest BCUT2D eigenvalue weighted by Gasteiger charge is -2.21. The van der Waals surface area contributed by atoms with Crippen LogP contribution in [0.1, 0.15) is 18.1 Å². The second-order valence-corrected chi connectivity index (χ2v) is 10.4. The minimum absolute atomic E-state index is 0.263. The number of ether oxygens (including phenoxy) is 1. The number of halogens is 2. The Labute approximate surface area is 247 Å². The van der Waals surface area contributed by atoms with E-state index in [-0.39, 0.29) is 11.4 Å². The van der Waals surface area contributed by atoms with Gasteiger partial charge in [0.25, 0.3) is 11.8 Å². The lowest BCUT2D eigenvalue weighted by molar-refractivity contribution is -0.132. The largest absolute Gasteiger partial charge is 0.479 e. The average molecular weight is 585 g/mol. The predicted molar refractivity (Wildman–Crippen MR) is 166 cm³/mol. The van der Waals surface area contributed by atoms with Crippen LogP contribution in [0, 0.1) is 0 Å². The van der Waals surface area contributed by atoms with Gasteiger partial charge in [-0.2, -0.15) is 5.10 Å². The van der Waals surface area contributed by atoms with Gasteiger partial charge in [0.15, 0.2) is 6.10 Å². The van der Waals surface area contributed by atoms with Crippen LogP contribution in [0.25, 0.3) is 21.5 Å². The van der Waals surface area contributed by atoms with Gasteiger partial charge in [-0.3, -0.25) is 9.59 Å². The molecule has 0 spiro atoms. The molecule has 0 aliphatic heterocycles. The number of amides is 2. The van der Waals surface area contributed by atoms with E-state index >= 15 is 0 Å². The monoisotopic (exact) mass is 583 g/mol. The van der Waals surface area contributed by atoms with Gasteiger partial charge in [-0.15, -0.1) is 0 Å². The van der Waals surface area contributed by atoms with Gasteiger partial charge in [0, 0.05) is 17.0 Å². The zero-order valence-electron chi connectivity index (χ0n) is 22.2. The summed E-state index contributed by atoms with van der Waals surface area (Å²) in [5.74, 6) is -0.620. The molecule has 0 saturated heterocycles. The van der Waals surface area contributed by atoms with Gasteiger partial charge in [-0.05, 0) is 58.3 Å². The Morgan fingerprint density at radius 2 is 1.46 bits per heavy atom. The van der Waals surface area contributed by atoms with Crippen LogP contribution in [0.4, 0.5) is 0 Å². The first-order chi connectivity index (χ1) is 19.9. The van der Waals surface area contributed by atoms with Crippen LogP contribution in [0.3, 0.4) is 0 Å². The Bertz CT molecular complexity index is 1690. The van der Waals surface area contributed by atoms with Crippen molar-refractivity contribution in [2.45, 2.75) is 25.5 Å². The van der Waals surface area contributed by atoms with E-state index in [2.05, 4.69) is 21.9 Å². The van der Waals surface area contributed by atoms with E-state index in [1.165, 1.54) is 6.07 Å². The lowest BCUT2D eigenvalue weighted by atomic mass is 9.97. The van der Waals surface area contributed by atoms with E-state index in [1.807, 2.05) is 78.9 Å². The van der Waals surface area contributed by atoms with Crippen molar-refractivity contribution >= 4 is 62.8 Å². The summed E-state index contributed by atoms with van der Waals surface area (Å²) in [5, 5.41) is 12.0. The summed E-state index contributed by atoms with van der Waals surface area (Å²) in [7, 11) is 0. The van der Waals surface area contributed by atoms with Crippen LogP contribution < -0.4 is 15.5 Å². The van der Waals surface area contributed by atoms with Crippen molar-refractivity contribution in [3.8, 4) is 5.75 Å². The van der Waals surface area contributed by atoms with Crippen LogP contribution in [-0.2, 0) is 16.0 Å². The zero-order chi connectivity index (χ0) is 28.8. The number of rotatable bonds is 9. The average Bonchev–Trinajstić information content (AvgIpc) is 2.98. The molecule has 206 valence electrons. The molecule has 0 aliphatic carbocycles. The minimum atomic E-state index is -0.926. The zero-order valence-corrected chi connectivity index (χ0v) is 23.7. The maximum Gasteiger partial charge on any atom is 0.262 e. The van der Waals surface area contributed by atoms with Crippen LogP contribution in [0.2, 0.25) is 10.0 Å². The number of nitrogens with one attached hydrogen (secondary N) is 2. The minimum Gasteiger partial charge on any atom is -0.479 e. The molecular formula is C33H27Cl2N3O3. The Kier molecular flexibility index (Phi) is 8.82. The molecule has 0 unspecified atom stereocenters. The summed E-state index contributed by atoms with van der Waals surface area (Å²) in [4.78, 5) is 26.5. The number of fused-ring (bicyclic) bond motifs is 2. The van der Waals surface area contributed by atoms with Gasteiger partial charge in [0.1, 0.15) is 11.8 Å². The lowest BCUT2D eigenvalue weighted by Crippen LogP contribution is -2.50. The molecule has 2 atom stereocenters. The van der Waals surface area contributed by atoms with Gasteiger partial charge in [0.2, 0.25) is 0 Å². The van der Waals surface area contributed by atoms with Gasteiger partial charge in [-0.25, -0.2) is 5.43 Å². The maximum atomic E-state index is 13.4. The first-order valence-corrected chi connectivity index (χ1v) is 13.8. The van der Waals surface area contributed by atoms with E-state index in [9.17, 15) is 9.59 Å². The third kappa shape index (κ3) is 6.85. The highest BCUT2D eigenvalue weighted by molar-refractivity contribution is 6.35. The number of carbonyl (C=O) groups is 2. The number of hydrogen-bond donors (Lipinski definition) is 2. The van der Waals surface area contributed by atoms with E-state index in [4.69, 9.17) is 27.9 Å². The van der Waals surface area contributed by atoms with Crippen molar-refractivity contribution in [2.24, 2.45) is 5.10 Å². The highest BCUT2D eigenvalue weighted by atomic mass is 35.5. The molecule has 6 nitrogen and oxygen atoms in total. The van der Waals surface area contributed by atoms with Gasteiger partial charge < -0.3 is 10.1 Å². The van der Waals surface area contributed by atoms with Crippen molar-refractivity contribution in [2.75, 3.05) is 0 Å². The first kappa shape index (κ1) is 28.1. The van der Waals surface area contributed by atoms with Crippen LogP contribution in [0.15, 0.2) is 108 Å². The Balaban J connectivity index is 1.35. The summed E-state index contributed by atoms with van der Waals surface area (Å²) >= 11 is 12.2. The van der Waals surface area contributed by atoms with E-state index in [0.29, 0.717) is 10.8 Å². The quantitative estimate of drug-likeness (QED) is 0.112. The fraction of sp³-hybridized carbons (Fsp3) is 0.121. The van der Waals surface area contributed by atoms with Crippen molar-refractivity contribution in [1.82, 2.24) is 10.7 Å². The molecule has 0 saturated carbocycles. The van der Waals surface area contributed by atoms with Crippen molar-refractivity contribution in [3.63, 3.8) is 0 Å². The molecule has 0 aliphatic rings. The van der Waals surface area contributed by atoms with Crippen molar-refractivity contribution in [1.29, 1.82) is 0 Å². The molecule has 0 heterocycles. The molecule has 0 aromatic heterocycles. The summed E-state index contributed by atoms with van der Waals surface area (Å²) in [6.45, 7) is 1.58. The normalized spacial score (nSPS) is 12.8. The van der Waals surface area contributed by atoms with Gasteiger partial charge in [-0.1, -0.05) is 102 Å². The fourth-order valence-electron chi connectivity index (χ4n) is 4.59. The molecule has 5 aromatic carbocycles. The summed E-state index contributed by atoms with van der Waals surface area (Å²) in [6, 6.07) is 31.5. The maximum absolute atomic E-state index is 13.4. The summed E-state index contributed by atoms with van der Waals surface area (Å²) < 4.78 is 5.75. The molecule has 0 radical (unpaired) electrons. The topological polar surface area (TPSA) is 79.8 Å². The molecule has 2 N–H and O–H groups in total. The molecule has 8 heteroatoms. The Morgan fingerprint density at radius 1 is 0.829 bits per heavy atom. The van der Waals surface area contributed by atoms with Crippen LogP contribution in [-0.4, -0.2) is 30.2 Å². The Morgan fingerprint density at radius 3 is 2.12 bits per heavy atom. The van der Waals surface area contributed by atoms with E-state index < -0.39 is 24.0 Å². The SMILES string of the molecule is C[C@H](Oc1ccc(Cl)cc1Cl)C(=O)N[C@H](Cc1ccccc1)C(=O)N/N=C\c1c2ccccc2cc2ccccc12. The fourth-order valence-corrected chi connectivity index (χ4v) is 5.04. The number of hydrogen-bond acceptors (Lipinski definition) is 4. The van der Waals surface area contributed by atoms with Crippen LogP contribution >= 0.6 is 23.2 Å². The summed E-state index contributed by atoms with van der Waals surface area (Å²) in [5.41, 5.74) is 4.40. The highest BCUT2D eigenvalue weighted by Crippen LogP contribution is 2.29. The number of hydrazone groups is 1. The van der Waals surface area contributed by atoms with Crippen molar-refractivity contribution < 1.29 is 14.3 Å². The second kappa shape index (κ2) is 12.9. The number of benzene rings is 5.